The third-order valence-corrected chi connectivity index (χ3v) is 5.47. The summed E-state index contributed by atoms with van der Waals surface area (Å²) in [6.07, 6.45) is 1.00. The van der Waals surface area contributed by atoms with Gasteiger partial charge >= 0.3 is 0 Å². The molecule has 0 aromatic heterocycles. The van der Waals surface area contributed by atoms with E-state index in [4.69, 9.17) is 0 Å². The van der Waals surface area contributed by atoms with Gasteiger partial charge in [0.15, 0.2) is 0 Å². The summed E-state index contributed by atoms with van der Waals surface area (Å²) in [7, 11) is 0. The standard InChI is InChI=1S/C24H21N3O4/c1-16-20(8-5-9-21(16)27(30)31)24(29)25-19-11-12-22-18(14-19)10-13-23(28)26(22)15-17-6-3-2-4-7-17/h2-9,11-12,14H,10,13,15H2,1H3,(H,25,29). The summed E-state index contributed by atoms with van der Waals surface area (Å²) in [5.41, 5.74) is 3.93. The van der Waals surface area contributed by atoms with Crippen molar-refractivity contribution in [1.82, 2.24) is 0 Å². The second-order valence-electron chi connectivity index (χ2n) is 7.47. The Balaban J connectivity index is 1.57. The number of carbonyl (C=O) groups excluding carboxylic acids is 2. The smallest absolute Gasteiger partial charge is 0.273 e. The molecular formula is C24H21N3O4. The van der Waals surface area contributed by atoms with Gasteiger partial charge in [-0.3, -0.25) is 19.7 Å². The average molecular weight is 415 g/mol. The van der Waals surface area contributed by atoms with E-state index in [2.05, 4.69) is 5.32 Å². The highest BCUT2D eigenvalue weighted by atomic mass is 16.6. The molecule has 0 bridgehead atoms. The van der Waals surface area contributed by atoms with Crippen molar-refractivity contribution in [2.75, 3.05) is 10.2 Å². The van der Waals surface area contributed by atoms with E-state index in [1.807, 2.05) is 42.5 Å². The summed E-state index contributed by atoms with van der Waals surface area (Å²) in [6.45, 7) is 2.05. The Morgan fingerprint density at radius 1 is 1.06 bits per heavy atom. The number of nitrogens with one attached hydrogen (secondary N) is 1. The molecule has 7 heteroatoms. The Morgan fingerprint density at radius 3 is 2.58 bits per heavy atom. The van der Waals surface area contributed by atoms with Crippen LogP contribution >= 0.6 is 0 Å². The van der Waals surface area contributed by atoms with Crippen molar-refractivity contribution in [2.45, 2.75) is 26.3 Å². The van der Waals surface area contributed by atoms with Crippen LogP contribution in [-0.2, 0) is 17.8 Å². The number of nitrogens with zero attached hydrogens (tertiary/aromatic N) is 2. The number of anilines is 2. The van der Waals surface area contributed by atoms with E-state index in [-0.39, 0.29) is 17.2 Å². The maximum atomic E-state index is 12.7. The maximum Gasteiger partial charge on any atom is 0.273 e. The number of carbonyl (C=O) groups is 2. The first-order valence-corrected chi connectivity index (χ1v) is 9.96. The molecule has 2 amide bonds. The van der Waals surface area contributed by atoms with Crippen LogP contribution in [0.25, 0.3) is 0 Å². The summed E-state index contributed by atoms with van der Waals surface area (Å²) < 4.78 is 0. The molecule has 4 rings (SSSR count). The zero-order valence-corrected chi connectivity index (χ0v) is 17.0. The molecule has 1 aliphatic heterocycles. The van der Waals surface area contributed by atoms with E-state index >= 15 is 0 Å². The molecule has 0 unspecified atom stereocenters. The lowest BCUT2D eigenvalue weighted by Crippen LogP contribution is -2.34. The molecule has 0 saturated carbocycles. The minimum Gasteiger partial charge on any atom is -0.322 e. The van der Waals surface area contributed by atoms with Crippen molar-refractivity contribution in [3.05, 3.63) is 99.1 Å². The number of hydrogen-bond acceptors (Lipinski definition) is 4. The van der Waals surface area contributed by atoms with Crippen molar-refractivity contribution in [1.29, 1.82) is 0 Å². The third kappa shape index (κ3) is 4.16. The minimum absolute atomic E-state index is 0.0698. The predicted octanol–water partition coefficient (Wildman–Crippen LogP) is 4.63. The summed E-state index contributed by atoms with van der Waals surface area (Å²) in [4.78, 5) is 37.7. The molecule has 31 heavy (non-hydrogen) atoms. The number of benzene rings is 3. The Morgan fingerprint density at radius 2 is 1.84 bits per heavy atom. The molecule has 0 fully saturated rings. The van der Waals surface area contributed by atoms with Gasteiger partial charge < -0.3 is 10.2 Å². The van der Waals surface area contributed by atoms with Crippen LogP contribution in [0.3, 0.4) is 0 Å². The highest BCUT2D eigenvalue weighted by Gasteiger charge is 2.25. The fraction of sp³-hybridized carbons (Fsp3) is 0.167. The minimum atomic E-state index is -0.497. The summed E-state index contributed by atoms with van der Waals surface area (Å²) in [6, 6.07) is 19.7. The highest BCUT2D eigenvalue weighted by Crippen LogP contribution is 2.32. The van der Waals surface area contributed by atoms with Gasteiger partial charge in [0.2, 0.25) is 5.91 Å². The molecule has 0 atom stereocenters. The molecular weight excluding hydrogens is 394 g/mol. The van der Waals surface area contributed by atoms with Crippen molar-refractivity contribution in [3.8, 4) is 0 Å². The Hall–Kier alpha value is -4.00. The fourth-order valence-corrected chi connectivity index (χ4v) is 3.84. The van der Waals surface area contributed by atoms with Crippen molar-refractivity contribution < 1.29 is 14.5 Å². The lowest BCUT2D eigenvalue weighted by molar-refractivity contribution is -0.385. The topological polar surface area (TPSA) is 92.6 Å². The lowest BCUT2D eigenvalue weighted by atomic mass is 9.99. The molecule has 0 saturated heterocycles. The highest BCUT2D eigenvalue weighted by molar-refractivity contribution is 6.06. The normalized spacial score (nSPS) is 12.9. The Labute approximate surface area is 179 Å². The first-order valence-electron chi connectivity index (χ1n) is 9.96. The van der Waals surface area contributed by atoms with Gasteiger partial charge in [0.25, 0.3) is 11.6 Å². The van der Waals surface area contributed by atoms with Crippen molar-refractivity contribution in [3.63, 3.8) is 0 Å². The van der Waals surface area contributed by atoms with Crippen LogP contribution in [-0.4, -0.2) is 16.7 Å². The van der Waals surface area contributed by atoms with Crippen molar-refractivity contribution >= 4 is 28.9 Å². The number of aryl methyl sites for hydroxylation is 1. The molecule has 0 radical (unpaired) electrons. The second-order valence-corrected chi connectivity index (χ2v) is 7.47. The Kier molecular flexibility index (Phi) is 5.49. The van der Waals surface area contributed by atoms with E-state index in [0.29, 0.717) is 30.6 Å². The van der Waals surface area contributed by atoms with E-state index in [1.54, 1.807) is 24.0 Å². The molecule has 3 aromatic carbocycles. The summed E-state index contributed by atoms with van der Waals surface area (Å²) in [5, 5.41) is 14.0. The molecule has 1 aliphatic rings. The number of nitro benzene ring substituents is 1. The number of fused-ring (bicyclic) bond motifs is 1. The SMILES string of the molecule is Cc1c(C(=O)Nc2ccc3c(c2)CCC(=O)N3Cc2ccccc2)cccc1[N+](=O)[O-]. The van der Waals surface area contributed by atoms with Gasteiger partial charge in [-0.15, -0.1) is 0 Å². The zero-order chi connectivity index (χ0) is 22.0. The van der Waals surface area contributed by atoms with Crippen LogP contribution in [0, 0.1) is 17.0 Å². The molecule has 0 spiro atoms. The van der Waals surface area contributed by atoms with Gasteiger partial charge in [-0.1, -0.05) is 36.4 Å². The predicted molar refractivity (Wildman–Crippen MR) is 118 cm³/mol. The van der Waals surface area contributed by atoms with Crippen LogP contribution in [0.5, 0.6) is 0 Å². The quantitative estimate of drug-likeness (QED) is 0.485. The van der Waals surface area contributed by atoms with Crippen LogP contribution in [0.1, 0.15) is 33.5 Å². The van der Waals surface area contributed by atoms with Crippen LogP contribution in [0.2, 0.25) is 0 Å². The van der Waals surface area contributed by atoms with Gasteiger partial charge in [0.1, 0.15) is 0 Å². The second kappa shape index (κ2) is 8.39. The molecule has 1 N–H and O–H groups in total. The van der Waals surface area contributed by atoms with E-state index in [1.165, 1.54) is 12.1 Å². The van der Waals surface area contributed by atoms with Gasteiger partial charge in [-0.2, -0.15) is 0 Å². The fourth-order valence-electron chi connectivity index (χ4n) is 3.84. The molecule has 156 valence electrons. The van der Waals surface area contributed by atoms with Gasteiger partial charge in [-0.05, 0) is 48.7 Å². The summed E-state index contributed by atoms with van der Waals surface area (Å²) >= 11 is 0. The number of nitro groups is 1. The third-order valence-electron chi connectivity index (χ3n) is 5.47. The monoisotopic (exact) mass is 415 g/mol. The van der Waals surface area contributed by atoms with Crippen LogP contribution < -0.4 is 10.2 Å². The molecule has 1 heterocycles. The Bertz CT molecular complexity index is 1170. The average Bonchev–Trinajstić information content (AvgIpc) is 2.76. The van der Waals surface area contributed by atoms with E-state index in [9.17, 15) is 19.7 Å². The number of amides is 2. The molecule has 7 nitrogen and oxygen atoms in total. The van der Waals surface area contributed by atoms with Crippen LogP contribution in [0.15, 0.2) is 66.7 Å². The van der Waals surface area contributed by atoms with Gasteiger partial charge in [0.05, 0.1) is 11.5 Å². The first-order chi connectivity index (χ1) is 14.9. The lowest BCUT2D eigenvalue weighted by Gasteiger charge is -2.30. The number of rotatable bonds is 5. The first kappa shape index (κ1) is 20.3. The molecule has 0 aliphatic carbocycles. The summed E-state index contributed by atoms with van der Waals surface area (Å²) in [5.74, 6) is -0.338. The van der Waals surface area contributed by atoms with Gasteiger partial charge in [0, 0.05) is 35.0 Å². The van der Waals surface area contributed by atoms with Gasteiger partial charge in [-0.25, -0.2) is 0 Å². The largest absolute Gasteiger partial charge is 0.322 e. The van der Waals surface area contributed by atoms with E-state index in [0.717, 1.165) is 16.8 Å². The van der Waals surface area contributed by atoms with Crippen molar-refractivity contribution in [2.24, 2.45) is 0 Å². The number of hydrogen-bond donors (Lipinski definition) is 1. The maximum absolute atomic E-state index is 12.7. The van der Waals surface area contributed by atoms with E-state index < -0.39 is 10.8 Å². The molecule has 3 aromatic rings. The zero-order valence-electron chi connectivity index (χ0n) is 17.0. The van der Waals surface area contributed by atoms with Crippen LogP contribution in [0.4, 0.5) is 17.1 Å².